The van der Waals surface area contributed by atoms with Gasteiger partial charge in [0.05, 0.1) is 0 Å². The van der Waals surface area contributed by atoms with Crippen LogP contribution in [0.3, 0.4) is 0 Å². The Bertz CT molecular complexity index is 207. The van der Waals surface area contributed by atoms with E-state index in [0.29, 0.717) is 5.76 Å². The Kier molecular flexibility index (Phi) is 1.37. The first-order valence-corrected chi connectivity index (χ1v) is 2.88. The van der Waals surface area contributed by atoms with Gasteiger partial charge < -0.3 is 5.11 Å². The van der Waals surface area contributed by atoms with Gasteiger partial charge in [0.15, 0.2) is 0 Å². The van der Waals surface area contributed by atoms with Gasteiger partial charge in [0.25, 0.3) is 0 Å². The summed E-state index contributed by atoms with van der Waals surface area (Å²) in [6.45, 7) is 3.72. The van der Waals surface area contributed by atoms with E-state index in [1.54, 1.807) is 12.2 Å². The van der Waals surface area contributed by atoms with Crippen molar-refractivity contribution in [1.82, 2.24) is 0 Å². The molecule has 1 nitrogen and oxygen atoms in total. The van der Waals surface area contributed by atoms with E-state index in [4.69, 9.17) is 0 Å². The normalized spacial score (nSPS) is 17.3. The molecular formula is C8H9O+. The molecule has 0 aromatic rings. The predicted octanol–water partition coefficient (Wildman–Crippen LogP) is 2.14. The second-order valence-corrected chi connectivity index (χ2v) is 2.17. The zero-order chi connectivity index (χ0) is 6.85. The molecule has 46 valence electrons. The Labute approximate surface area is 55.0 Å². The lowest BCUT2D eigenvalue weighted by atomic mass is 10.1. The van der Waals surface area contributed by atoms with Crippen molar-refractivity contribution in [1.29, 1.82) is 0 Å². The summed E-state index contributed by atoms with van der Waals surface area (Å²) >= 11 is 0. The smallest absolute Gasteiger partial charge is 0.236 e. The molecule has 0 aromatic heterocycles. The number of hydrogen-bond acceptors (Lipinski definition) is 1. The third-order valence-corrected chi connectivity index (χ3v) is 1.35. The third kappa shape index (κ3) is 1.01. The van der Waals surface area contributed by atoms with Gasteiger partial charge in [0, 0.05) is 19.9 Å². The Morgan fingerprint density at radius 3 is 2.56 bits per heavy atom. The van der Waals surface area contributed by atoms with Crippen LogP contribution in [0.15, 0.2) is 29.1 Å². The minimum atomic E-state index is 0.383. The summed E-state index contributed by atoms with van der Waals surface area (Å²) in [7, 11) is 0. The van der Waals surface area contributed by atoms with Crippen LogP contribution < -0.4 is 0 Å². The van der Waals surface area contributed by atoms with E-state index >= 15 is 0 Å². The highest BCUT2D eigenvalue weighted by molar-refractivity contribution is 5.38. The van der Waals surface area contributed by atoms with E-state index in [2.05, 4.69) is 6.08 Å². The van der Waals surface area contributed by atoms with Gasteiger partial charge in [-0.2, -0.15) is 0 Å². The minimum Gasteiger partial charge on any atom is -0.487 e. The largest absolute Gasteiger partial charge is 0.487 e. The van der Waals surface area contributed by atoms with Gasteiger partial charge >= 0.3 is 0 Å². The van der Waals surface area contributed by atoms with Crippen molar-refractivity contribution < 1.29 is 5.11 Å². The van der Waals surface area contributed by atoms with Gasteiger partial charge in [0.2, 0.25) is 5.76 Å². The molecule has 1 aliphatic rings. The number of aliphatic hydroxyl groups is 1. The van der Waals surface area contributed by atoms with Crippen LogP contribution in [0.1, 0.15) is 13.8 Å². The van der Waals surface area contributed by atoms with E-state index in [0.717, 1.165) is 11.1 Å². The van der Waals surface area contributed by atoms with Crippen molar-refractivity contribution >= 4 is 0 Å². The zero-order valence-electron chi connectivity index (χ0n) is 5.60. The predicted molar refractivity (Wildman–Crippen MR) is 36.9 cm³/mol. The highest BCUT2D eigenvalue weighted by Gasteiger charge is 2.12. The molecule has 0 unspecified atom stereocenters. The average molecular weight is 121 g/mol. The molecular weight excluding hydrogens is 112 g/mol. The van der Waals surface area contributed by atoms with Crippen LogP contribution >= 0.6 is 0 Å². The first-order valence-electron chi connectivity index (χ1n) is 2.88. The summed E-state index contributed by atoms with van der Waals surface area (Å²) in [6.07, 6.45) is 6.44. The molecule has 0 heterocycles. The monoisotopic (exact) mass is 121 g/mol. The molecule has 0 spiro atoms. The van der Waals surface area contributed by atoms with Crippen LogP contribution in [0.2, 0.25) is 0 Å². The summed E-state index contributed by atoms with van der Waals surface area (Å²) in [5, 5.41) is 9.19. The van der Waals surface area contributed by atoms with Crippen molar-refractivity contribution in [2.45, 2.75) is 13.8 Å². The molecule has 0 amide bonds. The quantitative estimate of drug-likeness (QED) is 0.487. The first-order chi connectivity index (χ1) is 4.22. The summed E-state index contributed by atoms with van der Waals surface area (Å²) in [4.78, 5) is 0. The van der Waals surface area contributed by atoms with E-state index in [9.17, 15) is 5.11 Å². The molecule has 0 fully saturated rings. The fourth-order valence-electron chi connectivity index (χ4n) is 0.739. The van der Waals surface area contributed by atoms with Crippen molar-refractivity contribution in [3.8, 4) is 0 Å². The number of rotatable bonds is 0. The van der Waals surface area contributed by atoms with Gasteiger partial charge in [-0.05, 0) is 0 Å². The number of allylic oxidation sites excluding steroid dienone is 5. The topological polar surface area (TPSA) is 20.2 Å². The summed E-state index contributed by atoms with van der Waals surface area (Å²) in [5.74, 6) is 0.383. The van der Waals surface area contributed by atoms with Crippen molar-refractivity contribution in [2.75, 3.05) is 0 Å². The molecule has 0 atom stereocenters. The van der Waals surface area contributed by atoms with Crippen molar-refractivity contribution in [3.63, 3.8) is 0 Å². The maximum Gasteiger partial charge on any atom is 0.236 e. The fraction of sp³-hybridized carbons (Fsp3) is 0.250. The van der Waals surface area contributed by atoms with Crippen LogP contribution in [0.4, 0.5) is 0 Å². The van der Waals surface area contributed by atoms with Gasteiger partial charge in [-0.15, -0.1) is 0 Å². The zero-order valence-corrected chi connectivity index (χ0v) is 5.60. The lowest BCUT2D eigenvalue weighted by Gasteiger charge is -1.94. The van der Waals surface area contributed by atoms with Gasteiger partial charge in [-0.3, -0.25) is 0 Å². The summed E-state index contributed by atoms with van der Waals surface area (Å²) < 4.78 is 0. The highest BCUT2D eigenvalue weighted by Crippen LogP contribution is 2.15. The van der Waals surface area contributed by atoms with Crippen molar-refractivity contribution in [3.05, 3.63) is 35.1 Å². The summed E-state index contributed by atoms with van der Waals surface area (Å²) in [5.41, 5.74) is 1.77. The Balaban J connectivity index is 3.06. The van der Waals surface area contributed by atoms with Crippen molar-refractivity contribution in [2.24, 2.45) is 0 Å². The molecule has 0 saturated carbocycles. The van der Waals surface area contributed by atoms with E-state index in [-0.39, 0.29) is 0 Å². The highest BCUT2D eigenvalue weighted by atomic mass is 16.3. The maximum atomic E-state index is 9.19. The van der Waals surface area contributed by atoms with Gasteiger partial charge in [-0.25, -0.2) is 0 Å². The molecule has 0 aromatic carbocycles. The Morgan fingerprint density at radius 2 is 2.11 bits per heavy atom. The second kappa shape index (κ2) is 2.04. The van der Waals surface area contributed by atoms with Crippen LogP contribution in [0.25, 0.3) is 0 Å². The Hall–Kier alpha value is -1.07. The van der Waals surface area contributed by atoms with Crippen LogP contribution in [-0.2, 0) is 0 Å². The van der Waals surface area contributed by atoms with Gasteiger partial charge in [0.1, 0.15) is 23.3 Å². The van der Waals surface area contributed by atoms with E-state index in [1.165, 1.54) is 0 Å². The van der Waals surface area contributed by atoms with Gasteiger partial charge in [-0.1, -0.05) is 0 Å². The van der Waals surface area contributed by atoms with Crippen LogP contribution in [0, 0.1) is 6.08 Å². The molecule has 1 rings (SSSR count). The molecule has 0 radical (unpaired) electrons. The van der Waals surface area contributed by atoms with Crippen LogP contribution in [0.5, 0.6) is 0 Å². The molecule has 0 bridgehead atoms. The minimum absolute atomic E-state index is 0.383. The average Bonchev–Trinajstić information content (AvgIpc) is 1.83. The van der Waals surface area contributed by atoms with E-state index in [1.807, 2.05) is 13.8 Å². The standard InChI is InChI=1S/C8H8O/c1-6-4-3-5-7(2)8(6)9/h4-5H,1-2H3/p+1. The van der Waals surface area contributed by atoms with Crippen LogP contribution in [-0.4, -0.2) is 5.11 Å². The molecule has 1 aliphatic carbocycles. The van der Waals surface area contributed by atoms with E-state index < -0.39 is 0 Å². The summed E-state index contributed by atoms with van der Waals surface area (Å²) in [6, 6.07) is 0. The first kappa shape index (κ1) is 6.06. The molecule has 0 saturated heterocycles. The lowest BCUT2D eigenvalue weighted by Crippen LogP contribution is -1.90. The molecule has 1 N–H and O–H groups in total. The lowest BCUT2D eigenvalue weighted by molar-refractivity contribution is 0.417. The molecule has 9 heavy (non-hydrogen) atoms. The maximum absolute atomic E-state index is 9.19. The third-order valence-electron chi connectivity index (χ3n) is 1.35. The molecule has 1 heteroatoms. The Morgan fingerprint density at radius 1 is 1.44 bits per heavy atom. The second-order valence-electron chi connectivity index (χ2n) is 2.17. The number of aliphatic hydroxyl groups excluding tert-OH is 1. The fourth-order valence-corrected chi connectivity index (χ4v) is 0.739. The number of hydrogen-bond donors (Lipinski definition) is 1. The molecule has 0 aliphatic heterocycles. The SMILES string of the molecule is CC1=C[C+]=CC(C)=C1O.